The van der Waals surface area contributed by atoms with Crippen LogP contribution in [-0.4, -0.2) is 25.2 Å². The molecule has 0 unspecified atom stereocenters. The van der Waals surface area contributed by atoms with E-state index >= 15 is 0 Å². The first-order valence-electron chi connectivity index (χ1n) is 6.54. The number of hydrogen-bond donors (Lipinski definition) is 0. The van der Waals surface area contributed by atoms with Crippen LogP contribution in [0.5, 0.6) is 0 Å². The number of ether oxygens (including phenoxy) is 2. The van der Waals surface area contributed by atoms with Crippen molar-refractivity contribution in [2.45, 2.75) is 39.5 Å². The predicted octanol–water partition coefficient (Wildman–Crippen LogP) is 2.74. The Labute approximate surface area is 117 Å². The highest BCUT2D eigenvalue weighted by molar-refractivity contribution is 7.12. The van der Waals surface area contributed by atoms with Crippen LogP contribution in [-0.2, 0) is 31.9 Å². The summed E-state index contributed by atoms with van der Waals surface area (Å²) in [4.78, 5) is 24.8. The Morgan fingerprint density at radius 2 is 1.37 bits per heavy atom. The van der Waals surface area contributed by atoms with Crippen molar-refractivity contribution in [2.75, 3.05) is 13.2 Å². The van der Waals surface area contributed by atoms with Gasteiger partial charge in [0.15, 0.2) is 0 Å². The molecule has 0 spiro atoms. The molecule has 4 nitrogen and oxygen atoms in total. The molecule has 1 aromatic heterocycles. The normalized spacial score (nSPS) is 10.2. The molecule has 0 aromatic carbocycles. The van der Waals surface area contributed by atoms with Gasteiger partial charge in [0.2, 0.25) is 0 Å². The van der Waals surface area contributed by atoms with Gasteiger partial charge < -0.3 is 9.47 Å². The molecule has 0 atom stereocenters. The molecule has 0 aliphatic carbocycles. The van der Waals surface area contributed by atoms with Crippen molar-refractivity contribution in [3.8, 4) is 0 Å². The van der Waals surface area contributed by atoms with Crippen LogP contribution in [0.15, 0.2) is 12.1 Å². The second-order valence-corrected chi connectivity index (χ2v) is 5.23. The Kier molecular flexibility index (Phi) is 7.18. The van der Waals surface area contributed by atoms with Crippen molar-refractivity contribution in [1.82, 2.24) is 0 Å². The Hall–Kier alpha value is -1.36. The second-order valence-electron chi connectivity index (χ2n) is 3.98. The van der Waals surface area contributed by atoms with E-state index in [0.29, 0.717) is 38.9 Å². The topological polar surface area (TPSA) is 52.6 Å². The molecule has 0 radical (unpaired) electrons. The van der Waals surface area contributed by atoms with E-state index in [-0.39, 0.29) is 11.9 Å². The lowest BCUT2D eigenvalue weighted by Gasteiger charge is -2.00. The highest BCUT2D eigenvalue weighted by Crippen LogP contribution is 2.19. The summed E-state index contributed by atoms with van der Waals surface area (Å²) in [6.45, 7) is 4.45. The Bertz CT molecular complexity index is 375. The van der Waals surface area contributed by atoms with Crippen molar-refractivity contribution in [3.05, 3.63) is 21.9 Å². The smallest absolute Gasteiger partial charge is 0.306 e. The molecular weight excluding hydrogens is 264 g/mol. The van der Waals surface area contributed by atoms with Gasteiger partial charge in [-0.3, -0.25) is 9.59 Å². The number of rotatable bonds is 8. The Morgan fingerprint density at radius 3 is 1.74 bits per heavy atom. The lowest BCUT2D eigenvalue weighted by atomic mass is 10.2. The van der Waals surface area contributed by atoms with E-state index in [4.69, 9.17) is 9.47 Å². The minimum absolute atomic E-state index is 0.163. The van der Waals surface area contributed by atoms with E-state index in [1.807, 2.05) is 12.1 Å². The lowest BCUT2D eigenvalue weighted by Crippen LogP contribution is -2.04. The molecule has 0 saturated heterocycles. The molecule has 0 bridgehead atoms. The highest BCUT2D eigenvalue weighted by atomic mass is 32.1. The van der Waals surface area contributed by atoms with Crippen LogP contribution < -0.4 is 0 Å². The lowest BCUT2D eigenvalue weighted by molar-refractivity contribution is -0.143. The van der Waals surface area contributed by atoms with Crippen LogP contribution in [0.3, 0.4) is 0 Å². The first-order valence-corrected chi connectivity index (χ1v) is 7.36. The molecule has 19 heavy (non-hydrogen) atoms. The molecule has 0 aliphatic rings. The maximum atomic E-state index is 11.2. The molecule has 0 fully saturated rings. The van der Waals surface area contributed by atoms with E-state index in [2.05, 4.69) is 0 Å². The van der Waals surface area contributed by atoms with Gasteiger partial charge in [-0.15, -0.1) is 11.3 Å². The molecular formula is C14H20O4S. The highest BCUT2D eigenvalue weighted by Gasteiger charge is 2.07. The van der Waals surface area contributed by atoms with Gasteiger partial charge in [0.25, 0.3) is 0 Å². The fourth-order valence-electron chi connectivity index (χ4n) is 1.61. The van der Waals surface area contributed by atoms with E-state index in [1.54, 1.807) is 25.2 Å². The van der Waals surface area contributed by atoms with Crippen molar-refractivity contribution < 1.29 is 19.1 Å². The molecule has 5 heteroatoms. The molecule has 1 rings (SSSR count). The first kappa shape index (κ1) is 15.7. The quantitative estimate of drug-likeness (QED) is 0.689. The minimum atomic E-state index is -0.163. The maximum Gasteiger partial charge on any atom is 0.306 e. The monoisotopic (exact) mass is 284 g/mol. The minimum Gasteiger partial charge on any atom is -0.466 e. The van der Waals surface area contributed by atoms with Crippen LogP contribution >= 0.6 is 11.3 Å². The number of carbonyl (C=O) groups excluding carboxylic acids is 2. The molecule has 0 aliphatic heterocycles. The summed E-state index contributed by atoms with van der Waals surface area (Å²) in [6, 6.07) is 4.01. The summed E-state index contributed by atoms with van der Waals surface area (Å²) in [5, 5.41) is 0. The molecule has 1 aromatic rings. The Morgan fingerprint density at radius 1 is 0.947 bits per heavy atom. The fourth-order valence-corrected chi connectivity index (χ4v) is 2.63. The van der Waals surface area contributed by atoms with Crippen molar-refractivity contribution >= 4 is 23.3 Å². The summed E-state index contributed by atoms with van der Waals surface area (Å²) >= 11 is 1.64. The number of aryl methyl sites for hydroxylation is 2. The largest absolute Gasteiger partial charge is 0.466 e. The van der Waals surface area contributed by atoms with Crippen LogP contribution in [0.25, 0.3) is 0 Å². The van der Waals surface area contributed by atoms with Gasteiger partial charge in [-0.2, -0.15) is 0 Å². The summed E-state index contributed by atoms with van der Waals surface area (Å²) in [6.07, 6.45) is 2.21. The summed E-state index contributed by atoms with van der Waals surface area (Å²) in [5.74, 6) is -0.326. The average molecular weight is 284 g/mol. The fraction of sp³-hybridized carbons (Fsp3) is 0.571. The van der Waals surface area contributed by atoms with Gasteiger partial charge in [-0.25, -0.2) is 0 Å². The van der Waals surface area contributed by atoms with Gasteiger partial charge in [-0.1, -0.05) is 0 Å². The zero-order valence-corrected chi connectivity index (χ0v) is 12.3. The molecule has 0 amide bonds. The average Bonchev–Trinajstić information content (AvgIpc) is 2.83. The van der Waals surface area contributed by atoms with Crippen LogP contribution in [0.2, 0.25) is 0 Å². The Balaban J connectivity index is 2.32. The van der Waals surface area contributed by atoms with Gasteiger partial charge in [0, 0.05) is 9.75 Å². The number of carbonyl (C=O) groups is 2. The third-order valence-electron chi connectivity index (χ3n) is 2.48. The van der Waals surface area contributed by atoms with Gasteiger partial charge in [0.05, 0.1) is 26.1 Å². The molecule has 106 valence electrons. The second kappa shape index (κ2) is 8.69. The number of esters is 2. The zero-order chi connectivity index (χ0) is 14.1. The van der Waals surface area contributed by atoms with E-state index in [0.717, 1.165) is 9.75 Å². The molecule has 0 N–H and O–H groups in total. The third kappa shape index (κ3) is 6.38. The first-order chi connectivity index (χ1) is 9.15. The van der Waals surface area contributed by atoms with Crippen molar-refractivity contribution in [3.63, 3.8) is 0 Å². The van der Waals surface area contributed by atoms with Crippen LogP contribution in [0.1, 0.15) is 36.4 Å². The van der Waals surface area contributed by atoms with E-state index < -0.39 is 0 Å². The molecule has 0 saturated carbocycles. The zero-order valence-electron chi connectivity index (χ0n) is 11.4. The number of hydrogen-bond acceptors (Lipinski definition) is 5. The van der Waals surface area contributed by atoms with Gasteiger partial charge in [-0.05, 0) is 38.8 Å². The maximum absolute atomic E-state index is 11.2. The van der Waals surface area contributed by atoms with Gasteiger partial charge in [0.1, 0.15) is 0 Å². The summed E-state index contributed by atoms with van der Waals surface area (Å²) < 4.78 is 9.76. The molecule has 1 heterocycles. The van der Waals surface area contributed by atoms with Gasteiger partial charge >= 0.3 is 11.9 Å². The van der Waals surface area contributed by atoms with Crippen LogP contribution in [0, 0.1) is 0 Å². The van der Waals surface area contributed by atoms with E-state index in [1.165, 1.54) is 0 Å². The SMILES string of the molecule is CCOC(=O)CCc1ccc(CCC(=O)OCC)s1. The van der Waals surface area contributed by atoms with Crippen LogP contribution in [0.4, 0.5) is 0 Å². The third-order valence-corrected chi connectivity index (χ3v) is 3.68. The number of thiophene rings is 1. The predicted molar refractivity (Wildman–Crippen MR) is 74.2 cm³/mol. The summed E-state index contributed by atoms with van der Waals surface area (Å²) in [5.41, 5.74) is 0. The van der Waals surface area contributed by atoms with Crippen molar-refractivity contribution in [1.29, 1.82) is 0 Å². The van der Waals surface area contributed by atoms with E-state index in [9.17, 15) is 9.59 Å². The van der Waals surface area contributed by atoms with Crippen molar-refractivity contribution in [2.24, 2.45) is 0 Å². The standard InChI is InChI=1S/C14H20O4S/c1-3-17-13(15)9-7-11-5-6-12(19-11)8-10-14(16)18-4-2/h5-6H,3-4,7-10H2,1-2H3. The summed E-state index contributed by atoms with van der Waals surface area (Å²) in [7, 11) is 0.